The third kappa shape index (κ3) is 3.22. The van der Waals surface area contributed by atoms with Crippen molar-refractivity contribution < 1.29 is 4.39 Å². The van der Waals surface area contributed by atoms with E-state index in [2.05, 4.69) is 44.8 Å². The Bertz CT molecular complexity index is 377. The number of rotatable bonds is 6. The van der Waals surface area contributed by atoms with Gasteiger partial charge in [-0.05, 0) is 45.9 Å². The summed E-state index contributed by atoms with van der Waals surface area (Å²) in [6.07, 6.45) is 0. The minimum absolute atomic E-state index is 0.132. The van der Waals surface area contributed by atoms with Crippen molar-refractivity contribution in [2.75, 3.05) is 18.0 Å². The number of hydrogen-bond acceptors (Lipinski definition) is 2. The molecule has 1 atom stereocenters. The van der Waals surface area contributed by atoms with Gasteiger partial charge >= 0.3 is 0 Å². The molecule has 3 heteroatoms. The summed E-state index contributed by atoms with van der Waals surface area (Å²) in [6, 6.07) is 5.79. The van der Waals surface area contributed by atoms with Gasteiger partial charge in [0.1, 0.15) is 5.82 Å². The molecule has 1 unspecified atom stereocenters. The summed E-state index contributed by atoms with van der Waals surface area (Å²) >= 11 is 0. The Morgan fingerprint density at radius 1 is 1.22 bits per heavy atom. The molecule has 1 N–H and O–H groups in total. The zero-order valence-corrected chi connectivity index (χ0v) is 12.1. The highest BCUT2D eigenvalue weighted by atomic mass is 19.1. The second kappa shape index (κ2) is 6.74. The summed E-state index contributed by atoms with van der Waals surface area (Å²) in [5, 5.41) is 3.35. The molecule has 0 heterocycles. The standard InChI is InChI=1S/C15H25FN2/c1-6-17-12(5)13-9-8-10-14(16)15(13)18(7-2)11(3)4/h8-12,17H,6-7H2,1-5H3. The highest BCUT2D eigenvalue weighted by Crippen LogP contribution is 2.30. The fraction of sp³-hybridized carbons (Fsp3) is 0.600. The van der Waals surface area contributed by atoms with E-state index in [1.165, 1.54) is 0 Å². The van der Waals surface area contributed by atoms with Crippen molar-refractivity contribution in [1.29, 1.82) is 0 Å². The van der Waals surface area contributed by atoms with Gasteiger partial charge < -0.3 is 10.2 Å². The highest BCUT2D eigenvalue weighted by molar-refractivity contribution is 5.56. The predicted octanol–water partition coefficient (Wildman–Crippen LogP) is 3.73. The highest BCUT2D eigenvalue weighted by Gasteiger charge is 2.20. The molecule has 0 aromatic heterocycles. The number of halogens is 1. The van der Waals surface area contributed by atoms with Gasteiger partial charge in [0.25, 0.3) is 0 Å². The normalized spacial score (nSPS) is 12.8. The van der Waals surface area contributed by atoms with Crippen molar-refractivity contribution >= 4 is 5.69 Å². The average molecular weight is 252 g/mol. The summed E-state index contributed by atoms with van der Waals surface area (Å²) in [7, 11) is 0. The van der Waals surface area contributed by atoms with Gasteiger partial charge in [0.15, 0.2) is 0 Å². The molecular formula is C15H25FN2. The fourth-order valence-corrected chi connectivity index (χ4v) is 2.38. The molecule has 18 heavy (non-hydrogen) atoms. The largest absolute Gasteiger partial charge is 0.367 e. The van der Waals surface area contributed by atoms with Crippen LogP contribution in [0, 0.1) is 5.82 Å². The van der Waals surface area contributed by atoms with Crippen LogP contribution in [-0.4, -0.2) is 19.1 Å². The molecule has 0 radical (unpaired) electrons. The first-order chi connectivity index (χ1) is 8.52. The van der Waals surface area contributed by atoms with Gasteiger partial charge in [0.05, 0.1) is 5.69 Å². The number of nitrogens with one attached hydrogen (secondary N) is 1. The zero-order chi connectivity index (χ0) is 13.7. The van der Waals surface area contributed by atoms with Gasteiger partial charge in [-0.15, -0.1) is 0 Å². The lowest BCUT2D eigenvalue weighted by atomic mass is 10.0. The zero-order valence-electron chi connectivity index (χ0n) is 12.1. The Hall–Kier alpha value is -1.09. The molecule has 1 aromatic carbocycles. The van der Waals surface area contributed by atoms with Crippen molar-refractivity contribution in [2.24, 2.45) is 0 Å². The minimum atomic E-state index is -0.132. The summed E-state index contributed by atoms with van der Waals surface area (Å²) in [5.74, 6) is -0.132. The Balaban J connectivity index is 3.22. The van der Waals surface area contributed by atoms with Crippen LogP contribution >= 0.6 is 0 Å². The summed E-state index contributed by atoms with van der Waals surface area (Å²) in [5.41, 5.74) is 1.77. The maximum atomic E-state index is 14.2. The van der Waals surface area contributed by atoms with E-state index in [0.717, 1.165) is 24.3 Å². The van der Waals surface area contributed by atoms with E-state index in [4.69, 9.17) is 0 Å². The van der Waals surface area contributed by atoms with E-state index in [1.807, 2.05) is 6.07 Å². The Kier molecular flexibility index (Phi) is 5.60. The van der Waals surface area contributed by atoms with Gasteiger partial charge in [-0.25, -0.2) is 4.39 Å². The molecule has 0 saturated carbocycles. The molecule has 0 spiro atoms. The van der Waals surface area contributed by atoms with Crippen LogP contribution < -0.4 is 10.2 Å². The molecule has 0 amide bonds. The molecule has 1 aromatic rings. The van der Waals surface area contributed by atoms with E-state index >= 15 is 0 Å². The smallest absolute Gasteiger partial charge is 0.146 e. The predicted molar refractivity (Wildman–Crippen MR) is 76.6 cm³/mol. The van der Waals surface area contributed by atoms with Gasteiger partial charge in [-0.3, -0.25) is 0 Å². The molecular weight excluding hydrogens is 227 g/mol. The molecule has 0 saturated heterocycles. The minimum Gasteiger partial charge on any atom is -0.367 e. The molecule has 102 valence electrons. The van der Waals surface area contributed by atoms with E-state index in [0.29, 0.717) is 6.04 Å². The quantitative estimate of drug-likeness (QED) is 0.830. The van der Waals surface area contributed by atoms with Crippen molar-refractivity contribution in [3.63, 3.8) is 0 Å². The van der Waals surface area contributed by atoms with Crippen LogP contribution in [0.15, 0.2) is 18.2 Å². The second-order valence-electron chi connectivity index (χ2n) is 4.84. The molecule has 0 bridgehead atoms. The average Bonchev–Trinajstić information content (AvgIpc) is 2.31. The topological polar surface area (TPSA) is 15.3 Å². The van der Waals surface area contributed by atoms with Crippen molar-refractivity contribution in [1.82, 2.24) is 5.32 Å². The van der Waals surface area contributed by atoms with Crippen LogP contribution in [0.4, 0.5) is 10.1 Å². The van der Waals surface area contributed by atoms with Gasteiger partial charge in [0.2, 0.25) is 0 Å². The van der Waals surface area contributed by atoms with Gasteiger partial charge in [-0.2, -0.15) is 0 Å². The lowest BCUT2D eigenvalue weighted by Gasteiger charge is -2.31. The number of para-hydroxylation sites is 1. The molecule has 2 nitrogen and oxygen atoms in total. The van der Waals surface area contributed by atoms with Crippen LogP contribution in [0.2, 0.25) is 0 Å². The number of benzene rings is 1. The van der Waals surface area contributed by atoms with E-state index in [9.17, 15) is 4.39 Å². The van der Waals surface area contributed by atoms with E-state index < -0.39 is 0 Å². The number of anilines is 1. The molecule has 0 fully saturated rings. The lowest BCUT2D eigenvalue weighted by molar-refractivity contribution is 0.568. The second-order valence-corrected chi connectivity index (χ2v) is 4.84. The number of hydrogen-bond donors (Lipinski definition) is 1. The van der Waals surface area contributed by atoms with Crippen LogP contribution in [0.5, 0.6) is 0 Å². The van der Waals surface area contributed by atoms with Crippen molar-refractivity contribution in [3.8, 4) is 0 Å². The first kappa shape index (κ1) is 15.0. The Morgan fingerprint density at radius 2 is 1.89 bits per heavy atom. The van der Waals surface area contributed by atoms with Gasteiger partial charge in [0, 0.05) is 18.6 Å². The third-order valence-electron chi connectivity index (χ3n) is 3.25. The first-order valence-electron chi connectivity index (χ1n) is 6.81. The van der Waals surface area contributed by atoms with Gasteiger partial charge in [-0.1, -0.05) is 19.1 Å². The Labute approximate surface area is 110 Å². The monoisotopic (exact) mass is 252 g/mol. The van der Waals surface area contributed by atoms with Crippen molar-refractivity contribution in [2.45, 2.75) is 46.7 Å². The Morgan fingerprint density at radius 3 is 2.39 bits per heavy atom. The molecule has 0 aliphatic heterocycles. The maximum Gasteiger partial charge on any atom is 0.146 e. The first-order valence-corrected chi connectivity index (χ1v) is 6.81. The summed E-state index contributed by atoms with van der Waals surface area (Å²) in [6.45, 7) is 12.1. The molecule has 0 aliphatic rings. The summed E-state index contributed by atoms with van der Waals surface area (Å²) < 4.78 is 14.2. The fourth-order valence-electron chi connectivity index (χ4n) is 2.38. The maximum absolute atomic E-state index is 14.2. The lowest BCUT2D eigenvalue weighted by Crippen LogP contribution is -2.33. The molecule has 1 rings (SSSR count). The van der Waals surface area contributed by atoms with Crippen LogP contribution in [0.25, 0.3) is 0 Å². The van der Waals surface area contributed by atoms with E-state index in [1.54, 1.807) is 12.1 Å². The summed E-state index contributed by atoms with van der Waals surface area (Å²) in [4.78, 5) is 2.11. The van der Waals surface area contributed by atoms with Crippen LogP contribution in [0.1, 0.15) is 46.2 Å². The van der Waals surface area contributed by atoms with Crippen molar-refractivity contribution in [3.05, 3.63) is 29.6 Å². The SMILES string of the molecule is CCNC(C)c1cccc(F)c1N(CC)C(C)C. The number of nitrogens with zero attached hydrogens (tertiary/aromatic N) is 1. The molecule has 0 aliphatic carbocycles. The third-order valence-corrected chi connectivity index (χ3v) is 3.25. The van der Waals surface area contributed by atoms with Crippen LogP contribution in [-0.2, 0) is 0 Å². The van der Waals surface area contributed by atoms with Crippen LogP contribution in [0.3, 0.4) is 0 Å². The van der Waals surface area contributed by atoms with E-state index in [-0.39, 0.29) is 11.9 Å².